The van der Waals surface area contributed by atoms with Gasteiger partial charge in [-0.15, -0.1) is 0 Å². The summed E-state index contributed by atoms with van der Waals surface area (Å²) < 4.78 is 10.6. The SMILES string of the molecule is O=C(O)CCC(NC(=O)OCC1CCCCC1)C(=O)OCC1CCCCC1. The number of ether oxygens (including phenoxy) is 2. The van der Waals surface area contributed by atoms with Crippen molar-refractivity contribution in [2.75, 3.05) is 13.2 Å². The number of alkyl carbamates (subject to hydrolysis) is 1. The Bertz CT molecular complexity index is 483. The largest absolute Gasteiger partial charge is 0.481 e. The Morgan fingerprint density at radius 2 is 1.37 bits per heavy atom. The number of hydrogen-bond donors (Lipinski definition) is 2. The van der Waals surface area contributed by atoms with Crippen LogP contribution in [0.4, 0.5) is 4.79 Å². The first-order valence-corrected chi connectivity index (χ1v) is 10.4. The van der Waals surface area contributed by atoms with Crippen molar-refractivity contribution in [2.45, 2.75) is 83.1 Å². The van der Waals surface area contributed by atoms with Crippen LogP contribution >= 0.6 is 0 Å². The maximum absolute atomic E-state index is 12.4. The Balaban J connectivity index is 1.77. The summed E-state index contributed by atoms with van der Waals surface area (Å²) in [5, 5.41) is 11.4. The number of nitrogens with one attached hydrogen (secondary N) is 1. The topological polar surface area (TPSA) is 102 Å². The lowest BCUT2D eigenvalue weighted by Crippen LogP contribution is -2.43. The fourth-order valence-electron chi connectivity index (χ4n) is 3.90. The fourth-order valence-corrected chi connectivity index (χ4v) is 3.90. The standard InChI is InChI=1S/C20H33NO6/c22-18(23)12-11-17(19(24)26-13-15-7-3-1-4-8-15)21-20(25)27-14-16-9-5-2-6-10-16/h15-17H,1-14H2,(H,21,25)(H,22,23). The molecule has 27 heavy (non-hydrogen) atoms. The molecule has 0 radical (unpaired) electrons. The monoisotopic (exact) mass is 383 g/mol. The summed E-state index contributed by atoms with van der Waals surface area (Å²) in [6.07, 6.45) is 10.4. The van der Waals surface area contributed by atoms with E-state index in [1.807, 2.05) is 0 Å². The summed E-state index contributed by atoms with van der Waals surface area (Å²) >= 11 is 0. The van der Waals surface area contributed by atoms with Gasteiger partial charge in [0.2, 0.25) is 0 Å². The van der Waals surface area contributed by atoms with Crippen molar-refractivity contribution in [3.8, 4) is 0 Å². The molecule has 2 saturated carbocycles. The van der Waals surface area contributed by atoms with Gasteiger partial charge in [0.1, 0.15) is 6.04 Å². The molecule has 7 heteroatoms. The second-order valence-corrected chi connectivity index (χ2v) is 7.87. The molecule has 0 aliphatic heterocycles. The molecule has 0 heterocycles. The number of carboxylic acids is 1. The molecule has 154 valence electrons. The van der Waals surface area contributed by atoms with Gasteiger partial charge in [-0.3, -0.25) is 4.79 Å². The predicted molar refractivity (Wildman–Crippen MR) is 99.3 cm³/mol. The van der Waals surface area contributed by atoms with E-state index >= 15 is 0 Å². The van der Waals surface area contributed by atoms with Crippen molar-refractivity contribution in [3.63, 3.8) is 0 Å². The first kappa shape index (κ1) is 21.5. The molecule has 2 aliphatic carbocycles. The highest BCUT2D eigenvalue weighted by Crippen LogP contribution is 2.24. The van der Waals surface area contributed by atoms with Gasteiger partial charge in [-0.1, -0.05) is 38.5 Å². The van der Waals surface area contributed by atoms with Crippen LogP contribution in [-0.2, 0) is 19.1 Å². The summed E-state index contributed by atoms with van der Waals surface area (Å²) in [5.41, 5.74) is 0. The Labute approximate surface area is 161 Å². The van der Waals surface area contributed by atoms with Gasteiger partial charge >= 0.3 is 18.0 Å². The summed E-state index contributed by atoms with van der Waals surface area (Å²) in [4.78, 5) is 35.3. The lowest BCUT2D eigenvalue weighted by molar-refractivity contribution is -0.148. The van der Waals surface area contributed by atoms with Gasteiger partial charge in [0, 0.05) is 6.42 Å². The molecule has 1 unspecified atom stereocenters. The van der Waals surface area contributed by atoms with Crippen LogP contribution in [0.5, 0.6) is 0 Å². The third kappa shape index (κ3) is 8.63. The minimum absolute atomic E-state index is 0.00262. The Hall–Kier alpha value is -1.79. The Kier molecular flexibility index (Phi) is 9.42. The first-order valence-electron chi connectivity index (χ1n) is 10.4. The van der Waals surface area contributed by atoms with E-state index in [1.165, 1.54) is 12.8 Å². The van der Waals surface area contributed by atoms with Crippen molar-refractivity contribution in [1.82, 2.24) is 5.32 Å². The fraction of sp³-hybridized carbons (Fsp3) is 0.850. The number of carboxylic acid groups (broad SMARTS) is 1. The molecule has 0 aromatic heterocycles. The second-order valence-electron chi connectivity index (χ2n) is 7.87. The molecular weight excluding hydrogens is 350 g/mol. The van der Waals surface area contributed by atoms with Crippen LogP contribution in [-0.4, -0.2) is 42.4 Å². The molecule has 0 bridgehead atoms. The maximum atomic E-state index is 12.4. The highest BCUT2D eigenvalue weighted by Gasteiger charge is 2.26. The molecule has 7 nitrogen and oxygen atoms in total. The highest BCUT2D eigenvalue weighted by molar-refractivity contribution is 5.82. The molecule has 0 saturated heterocycles. The average molecular weight is 383 g/mol. The number of esters is 1. The van der Waals surface area contributed by atoms with Crippen LogP contribution in [0, 0.1) is 11.8 Å². The number of carbonyl (C=O) groups excluding carboxylic acids is 2. The van der Waals surface area contributed by atoms with Crippen LogP contribution in [0.1, 0.15) is 77.0 Å². The summed E-state index contributed by atoms with van der Waals surface area (Å²) in [6, 6.07) is -0.983. The zero-order valence-corrected chi connectivity index (χ0v) is 16.1. The molecule has 0 aromatic carbocycles. The molecule has 2 aliphatic rings. The first-order chi connectivity index (χ1) is 13.0. The van der Waals surface area contributed by atoms with Crippen molar-refractivity contribution < 1.29 is 29.0 Å². The van der Waals surface area contributed by atoms with E-state index < -0.39 is 24.1 Å². The van der Waals surface area contributed by atoms with E-state index in [2.05, 4.69) is 5.32 Å². The number of aliphatic carboxylic acids is 1. The van der Waals surface area contributed by atoms with Crippen LogP contribution in [0.2, 0.25) is 0 Å². The number of amides is 1. The van der Waals surface area contributed by atoms with Gasteiger partial charge in [-0.2, -0.15) is 0 Å². The van der Waals surface area contributed by atoms with Gasteiger partial charge in [0.05, 0.1) is 13.2 Å². The summed E-state index contributed by atoms with van der Waals surface area (Å²) in [7, 11) is 0. The van der Waals surface area contributed by atoms with Gasteiger partial charge in [0.15, 0.2) is 0 Å². The predicted octanol–water partition coefficient (Wildman–Crippen LogP) is 3.65. The average Bonchev–Trinajstić information content (AvgIpc) is 2.69. The van der Waals surface area contributed by atoms with Gasteiger partial charge < -0.3 is 19.9 Å². The van der Waals surface area contributed by atoms with Gasteiger partial charge in [-0.05, 0) is 43.9 Å². The third-order valence-corrected chi connectivity index (χ3v) is 5.58. The number of hydrogen-bond acceptors (Lipinski definition) is 5. The normalized spacial score (nSPS) is 19.9. The summed E-state index contributed by atoms with van der Waals surface area (Å²) in [6.45, 7) is 0.676. The van der Waals surface area contributed by atoms with E-state index in [0.29, 0.717) is 25.0 Å². The quantitative estimate of drug-likeness (QED) is 0.589. The number of rotatable bonds is 9. The van der Waals surface area contributed by atoms with Crippen molar-refractivity contribution in [3.05, 3.63) is 0 Å². The molecule has 2 rings (SSSR count). The smallest absolute Gasteiger partial charge is 0.407 e. The molecule has 0 spiro atoms. The lowest BCUT2D eigenvalue weighted by atomic mass is 9.90. The van der Waals surface area contributed by atoms with Crippen LogP contribution < -0.4 is 5.32 Å². The van der Waals surface area contributed by atoms with Crippen LogP contribution in [0.15, 0.2) is 0 Å². The lowest BCUT2D eigenvalue weighted by Gasteiger charge is -2.24. The van der Waals surface area contributed by atoms with E-state index in [9.17, 15) is 14.4 Å². The molecule has 1 amide bonds. The molecular formula is C20H33NO6. The second kappa shape index (κ2) is 11.8. The Morgan fingerprint density at radius 1 is 0.852 bits per heavy atom. The molecule has 2 fully saturated rings. The minimum Gasteiger partial charge on any atom is -0.481 e. The highest BCUT2D eigenvalue weighted by atomic mass is 16.6. The van der Waals surface area contributed by atoms with Crippen molar-refractivity contribution in [1.29, 1.82) is 0 Å². The molecule has 0 aromatic rings. The van der Waals surface area contributed by atoms with Crippen molar-refractivity contribution in [2.24, 2.45) is 11.8 Å². The van der Waals surface area contributed by atoms with E-state index in [4.69, 9.17) is 14.6 Å². The molecule has 2 N–H and O–H groups in total. The van der Waals surface area contributed by atoms with Gasteiger partial charge in [0.25, 0.3) is 0 Å². The van der Waals surface area contributed by atoms with E-state index in [0.717, 1.165) is 51.4 Å². The minimum atomic E-state index is -1.02. The third-order valence-electron chi connectivity index (χ3n) is 5.58. The van der Waals surface area contributed by atoms with Crippen molar-refractivity contribution >= 4 is 18.0 Å². The maximum Gasteiger partial charge on any atom is 0.407 e. The van der Waals surface area contributed by atoms with E-state index in [-0.39, 0.29) is 12.8 Å². The number of carbonyl (C=O) groups is 3. The van der Waals surface area contributed by atoms with E-state index in [1.54, 1.807) is 0 Å². The zero-order chi connectivity index (χ0) is 19.5. The Morgan fingerprint density at radius 3 is 1.89 bits per heavy atom. The summed E-state index contributed by atoms with van der Waals surface area (Å²) in [5.74, 6) is -0.852. The van der Waals surface area contributed by atoms with Gasteiger partial charge in [-0.25, -0.2) is 9.59 Å². The zero-order valence-electron chi connectivity index (χ0n) is 16.1. The van der Waals surface area contributed by atoms with Crippen LogP contribution in [0.25, 0.3) is 0 Å². The van der Waals surface area contributed by atoms with Crippen LogP contribution in [0.3, 0.4) is 0 Å². The molecule has 1 atom stereocenters.